The Morgan fingerprint density at radius 2 is 1.63 bits per heavy atom. The quantitative estimate of drug-likeness (QED) is 0.693. The van der Waals surface area contributed by atoms with Crippen LogP contribution in [0.15, 0.2) is 54.6 Å². The molecule has 1 heterocycles. The molecule has 0 spiro atoms. The van der Waals surface area contributed by atoms with Crippen LogP contribution in [-0.4, -0.2) is 42.6 Å². The van der Waals surface area contributed by atoms with Crippen LogP contribution in [0, 0.1) is 5.92 Å². The standard InChI is InChI=1S/C22H23F3N2O3/c23-22(24,25)30-19-9-5-4-8-18(19)14-26-20(28)15-27-12-10-17(11-13-27)21(29)16-6-2-1-3-7-16/h1-9,17H,10-15H2,(H,26,28). The monoisotopic (exact) mass is 420 g/mol. The number of piperidine rings is 1. The van der Waals surface area contributed by atoms with Crippen molar-refractivity contribution < 1.29 is 27.5 Å². The summed E-state index contributed by atoms with van der Waals surface area (Å²) in [6, 6.07) is 14.9. The van der Waals surface area contributed by atoms with Gasteiger partial charge in [-0.15, -0.1) is 13.2 Å². The molecule has 0 saturated carbocycles. The molecule has 160 valence electrons. The van der Waals surface area contributed by atoms with Crippen LogP contribution in [0.5, 0.6) is 5.75 Å². The lowest BCUT2D eigenvalue weighted by atomic mass is 9.89. The smallest absolute Gasteiger partial charge is 0.405 e. The number of rotatable bonds is 7. The van der Waals surface area contributed by atoms with Gasteiger partial charge in [0.2, 0.25) is 5.91 Å². The summed E-state index contributed by atoms with van der Waals surface area (Å²) < 4.78 is 41.4. The summed E-state index contributed by atoms with van der Waals surface area (Å²) in [6.45, 7) is 1.30. The molecule has 2 aromatic rings. The minimum absolute atomic E-state index is 0.0573. The van der Waals surface area contributed by atoms with E-state index in [9.17, 15) is 22.8 Å². The molecule has 0 aromatic heterocycles. The maximum absolute atomic E-state index is 12.5. The molecule has 1 aliphatic rings. The van der Waals surface area contributed by atoms with E-state index in [2.05, 4.69) is 10.1 Å². The van der Waals surface area contributed by atoms with Gasteiger partial charge >= 0.3 is 6.36 Å². The van der Waals surface area contributed by atoms with Gasteiger partial charge in [-0.3, -0.25) is 14.5 Å². The molecule has 0 bridgehead atoms. The molecule has 5 nitrogen and oxygen atoms in total. The molecule has 0 aliphatic carbocycles. The van der Waals surface area contributed by atoms with Gasteiger partial charge in [0.1, 0.15) is 5.75 Å². The Bertz CT molecular complexity index is 863. The SMILES string of the molecule is O=C(CN1CCC(C(=O)c2ccccc2)CC1)NCc1ccccc1OC(F)(F)F. The lowest BCUT2D eigenvalue weighted by molar-refractivity contribution is -0.274. The normalized spacial score (nSPS) is 15.6. The molecule has 1 saturated heterocycles. The van der Waals surface area contributed by atoms with Crippen molar-refractivity contribution in [1.82, 2.24) is 10.2 Å². The second-order valence-electron chi connectivity index (χ2n) is 7.21. The highest BCUT2D eigenvalue weighted by Gasteiger charge is 2.32. The van der Waals surface area contributed by atoms with Crippen LogP contribution in [0.4, 0.5) is 13.2 Å². The molecular formula is C22H23F3N2O3. The Kier molecular flexibility index (Phi) is 7.10. The van der Waals surface area contributed by atoms with Crippen molar-refractivity contribution in [2.75, 3.05) is 19.6 Å². The maximum Gasteiger partial charge on any atom is 0.573 e. The van der Waals surface area contributed by atoms with Crippen molar-refractivity contribution in [1.29, 1.82) is 0 Å². The third-order valence-corrected chi connectivity index (χ3v) is 5.06. The van der Waals surface area contributed by atoms with Gasteiger partial charge in [0.15, 0.2) is 5.78 Å². The summed E-state index contributed by atoms with van der Waals surface area (Å²) >= 11 is 0. The number of nitrogens with one attached hydrogen (secondary N) is 1. The molecule has 1 amide bonds. The molecule has 0 unspecified atom stereocenters. The van der Waals surface area contributed by atoms with E-state index in [4.69, 9.17) is 0 Å². The zero-order valence-electron chi connectivity index (χ0n) is 16.3. The number of carbonyl (C=O) groups is 2. The molecule has 0 atom stereocenters. The van der Waals surface area contributed by atoms with E-state index < -0.39 is 6.36 Å². The summed E-state index contributed by atoms with van der Waals surface area (Å²) in [5, 5.41) is 2.64. The molecule has 3 rings (SSSR count). The zero-order chi connectivity index (χ0) is 21.6. The van der Waals surface area contributed by atoms with E-state index in [0.717, 1.165) is 0 Å². The molecular weight excluding hydrogens is 397 g/mol. The minimum atomic E-state index is -4.79. The predicted octanol–water partition coefficient (Wildman–Crippen LogP) is 3.80. The van der Waals surface area contributed by atoms with Crippen LogP contribution in [0.1, 0.15) is 28.8 Å². The fraction of sp³-hybridized carbons (Fsp3) is 0.364. The number of hydrogen-bond donors (Lipinski definition) is 1. The summed E-state index contributed by atoms with van der Waals surface area (Å²) in [5.41, 5.74) is 0.948. The number of ether oxygens (including phenoxy) is 1. The molecule has 1 aliphatic heterocycles. The molecule has 1 fully saturated rings. The highest BCUT2D eigenvalue weighted by molar-refractivity contribution is 5.97. The first-order chi connectivity index (χ1) is 14.3. The fourth-order valence-electron chi connectivity index (χ4n) is 3.52. The van der Waals surface area contributed by atoms with E-state index in [1.807, 2.05) is 35.2 Å². The number of amides is 1. The average Bonchev–Trinajstić information content (AvgIpc) is 2.73. The summed E-state index contributed by atoms with van der Waals surface area (Å²) in [7, 11) is 0. The summed E-state index contributed by atoms with van der Waals surface area (Å²) in [4.78, 5) is 26.7. The second-order valence-corrected chi connectivity index (χ2v) is 7.21. The van der Waals surface area contributed by atoms with Crippen molar-refractivity contribution in [2.24, 2.45) is 5.92 Å². The Labute approximate surface area is 172 Å². The van der Waals surface area contributed by atoms with E-state index in [-0.39, 0.29) is 42.0 Å². The number of halogens is 3. The molecule has 2 aromatic carbocycles. The van der Waals surface area contributed by atoms with Crippen molar-refractivity contribution >= 4 is 11.7 Å². The summed E-state index contributed by atoms with van der Waals surface area (Å²) in [6.07, 6.45) is -3.45. The van der Waals surface area contributed by atoms with Crippen molar-refractivity contribution in [3.8, 4) is 5.75 Å². The van der Waals surface area contributed by atoms with Crippen LogP contribution in [0.25, 0.3) is 0 Å². The van der Waals surface area contributed by atoms with Gasteiger partial charge in [0.05, 0.1) is 6.54 Å². The first-order valence-electron chi connectivity index (χ1n) is 9.74. The number of likely N-dealkylation sites (tertiary alicyclic amines) is 1. The lowest BCUT2D eigenvalue weighted by Crippen LogP contribution is -2.42. The van der Waals surface area contributed by atoms with Gasteiger partial charge < -0.3 is 10.1 Å². The van der Waals surface area contributed by atoms with Crippen LogP contribution in [-0.2, 0) is 11.3 Å². The topological polar surface area (TPSA) is 58.6 Å². The number of benzene rings is 2. The largest absolute Gasteiger partial charge is 0.573 e. The third kappa shape index (κ3) is 6.32. The Hall–Kier alpha value is -2.87. The predicted molar refractivity (Wildman–Crippen MR) is 105 cm³/mol. The van der Waals surface area contributed by atoms with Crippen LogP contribution in [0.3, 0.4) is 0 Å². The number of hydrogen-bond acceptors (Lipinski definition) is 4. The van der Waals surface area contributed by atoms with Gasteiger partial charge in [-0.1, -0.05) is 48.5 Å². The summed E-state index contributed by atoms with van der Waals surface area (Å²) in [5.74, 6) is -0.547. The van der Waals surface area contributed by atoms with Gasteiger partial charge in [-0.25, -0.2) is 0 Å². The lowest BCUT2D eigenvalue weighted by Gasteiger charge is -2.30. The fourth-order valence-corrected chi connectivity index (χ4v) is 3.52. The third-order valence-electron chi connectivity index (χ3n) is 5.06. The van der Waals surface area contributed by atoms with E-state index in [1.165, 1.54) is 18.2 Å². The van der Waals surface area contributed by atoms with Crippen LogP contribution >= 0.6 is 0 Å². The highest BCUT2D eigenvalue weighted by Crippen LogP contribution is 2.26. The number of alkyl halides is 3. The molecule has 8 heteroatoms. The van der Waals surface area contributed by atoms with Crippen molar-refractivity contribution in [3.05, 3.63) is 65.7 Å². The Morgan fingerprint density at radius 3 is 2.30 bits per heavy atom. The highest BCUT2D eigenvalue weighted by atomic mass is 19.4. The number of carbonyl (C=O) groups excluding carboxylic acids is 2. The van der Waals surface area contributed by atoms with Gasteiger partial charge in [0.25, 0.3) is 0 Å². The van der Waals surface area contributed by atoms with Crippen LogP contribution in [0.2, 0.25) is 0 Å². The van der Waals surface area contributed by atoms with Gasteiger partial charge in [-0.2, -0.15) is 0 Å². The number of ketones is 1. The average molecular weight is 420 g/mol. The van der Waals surface area contributed by atoms with E-state index in [0.29, 0.717) is 31.5 Å². The van der Waals surface area contributed by atoms with E-state index >= 15 is 0 Å². The molecule has 1 N–H and O–H groups in total. The molecule has 0 radical (unpaired) electrons. The number of nitrogens with zero attached hydrogens (tertiary/aromatic N) is 1. The molecule has 30 heavy (non-hydrogen) atoms. The first kappa shape index (κ1) is 21.8. The van der Waals surface area contributed by atoms with Gasteiger partial charge in [0, 0.05) is 23.6 Å². The Morgan fingerprint density at radius 1 is 1.00 bits per heavy atom. The zero-order valence-corrected chi connectivity index (χ0v) is 16.3. The maximum atomic E-state index is 12.5. The Balaban J connectivity index is 1.45. The van der Waals surface area contributed by atoms with Crippen LogP contribution < -0.4 is 10.1 Å². The van der Waals surface area contributed by atoms with Gasteiger partial charge in [-0.05, 0) is 32.0 Å². The first-order valence-corrected chi connectivity index (χ1v) is 9.74. The second kappa shape index (κ2) is 9.75. The van der Waals surface area contributed by atoms with Crippen molar-refractivity contribution in [2.45, 2.75) is 25.7 Å². The number of para-hydroxylation sites is 1. The van der Waals surface area contributed by atoms with E-state index in [1.54, 1.807) is 6.07 Å². The number of Topliss-reactive ketones (excluding diaryl/α,β-unsaturated/α-hetero) is 1. The van der Waals surface area contributed by atoms with Crippen molar-refractivity contribution in [3.63, 3.8) is 0 Å². The minimum Gasteiger partial charge on any atom is -0.405 e.